The average Bonchev–Trinajstić information content (AvgIpc) is 2.97. The molecule has 0 saturated carbocycles. The van der Waals surface area contributed by atoms with Crippen LogP contribution in [-0.4, -0.2) is 31.5 Å². The SMILES string of the molecule is COc1ccccc1N1CCC(CC(F)(F)F)(C(=O)c2ccc(C)cc2)C1=O. The van der Waals surface area contributed by atoms with Gasteiger partial charge in [0.15, 0.2) is 5.78 Å². The molecule has 3 rings (SSSR count). The maximum atomic E-state index is 13.4. The molecule has 28 heavy (non-hydrogen) atoms. The Balaban J connectivity index is 2.05. The molecule has 0 radical (unpaired) electrons. The highest BCUT2D eigenvalue weighted by Gasteiger charge is 2.58. The number of alkyl halides is 3. The Kier molecular flexibility index (Phi) is 5.19. The summed E-state index contributed by atoms with van der Waals surface area (Å²) >= 11 is 0. The van der Waals surface area contributed by atoms with Crippen LogP contribution >= 0.6 is 0 Å². The van der Waals surface area contributed by atoms with Crippen molar-refractivity contribution in [1.82, 2.24) is 0 Å². The molecule has 0 bridgehead atoms. The Labute approximate surface area is 160 Å². The van der Waals surface area contributed by atoms with Crippen LogP contribution in [0.25, 0.3) is 0 Å². The number of methoxy groups -OCH3 is 1. The summed E-state index contributed by atoms with van der Waals surface area (Å²) in [6.45, 7) is 1.82. The molecule has 0 aliphatic carbocycles. The fourth-order valence-electron chi connectivity index (χ4n) is 3.63. The molecule has 148 valence electrons. The molecule has 1 unspecified atom stereocenters. The van der Waals surface area contributed by atoms with Crippen LogP contribution in [0.2, 0.25) is 0 Å². The number of carbonyl (C=O) groups is 2. The second-order valence-corrected chi connectivity index (χ2v) is 6.95. The van der Waals surface area contributed by atoms with Crippen molar-refractivity contribution in [1.29, 1.82) is 0 Å². The maximum absolute atomic E-state index is 13.4. The topological polar surface area (TPSA) is 46.6 Å². The lowest BCUT2D eigenvalue weighted by Gasteiger charge is -2.28. The highest BCUT2D eigenvalue weighted by atomic mass is 19.4. The van der Waals surface area contributed by atoms with Gasteiger partial charge in [-0.15, -0.1) is 0 Å². The molecule has 0 aromatic heterocycles. The van der Waals surface area contributed by atoms with E-state index in [9.17, 15) is 22.8 Å². The third-order valence-electron chi connectivity index (χ3n) is 5.04. The van der Waals surface area contributed by atoms with Crippen LogP contribution in [0.4, 0.5) is 18.9 Å². The molecule has 0 spiro atoms. The van der Waals surface area contributed by atoms with Crippen molar-refractivity contribution >= 4 is 17.4 Å². The molecule has 1 heterocycles. The van der Waals surface area contributed by atoms with E-state index in [4.69, 9.17) is 4.74 Å². The van der Waals surface area contributed by atoms with Crippen molar-refractivity contribution in [2.75, 3.05) is 18.6 Å². The average molecular weight is 391 g/mol. The lowest BCUT2D eigenvalue weighted by atomic mass is 9.75. The van der Waals surface area contributed by atoms with Crippen molar-refractivity contribution in [3.05, 3.63) is 59.7 Å². The van der Waals surface area contributed by atoms with Crippen molar-refractivity contribution in [3.63, 3.8) is 0 Å². The number of ether oxygens (including phenoxy) is 1. The van der Waals surface area contributed by atoms with Crippen molar-refractivity contribution in [2.45, 2.75) is 25.9 Å². The number of para-hydroxylation sites is 2. The molecule has 1 aliphatic heterocycles. The van der Waals surface area contributed by atoms with E-state index in [1.165, 1.54) is 24.1 Å². The molecule has 1 amide bonds. The first kappa shape index (κ1) is 19.9. The Morgan fingerprint density at radius 3 is 2.39 bits per heavy atom. The molecule has 2 aromatic carbocycles. The van der Waals surface area contributed by atoms with Gasteiger partial charge in [0, 0.05) is 12.1 Å². The van der Waals surface area contributed by atoms with Gasteiger partial charge in [0.05, 0.1) is 19.2 Å². The Morgan fingerprint density at radius 2 is 1.79 bits per heavy atom. The lowest BCUT2D eigenvalue weighted by molar-refractivity contribution is -0.159. The zero-order valence-electron chi connectivity index (χ0n) is 15.5. The van der Waals surface area contributed by atoms with Crippen LogP contribution in [0.3, 0.4) is 0 Å². The van der Waals surface area contributed by atoms with E-state index in [-0.39, 0.29) is 18.5 Å². The molecule has 4 nitrogen and oxygen atoms in total. The molecular weight excluding hydrogens is 371 g/mol. The van der Waals surface area contributed by atoms with Gasteiger partial charge >= 0.3 is 6.18 Å². The summed E-state index contributed by atoms with van der Waals surface area (Å²) in [5.41, 5.74) is -0.843. The molecule has 1 atom stereocenters. The normalized spacial score (nSPS) is 19.8. The van der Waals surface area contributed by atoms with Gasteiger partial charge in [0.1, 0.15) is 11.2 Å². The molecule has 1 aliphatic rings. The summed E-state index contributed by atoms with van der Waals surface area (Å²) in [7, 11) is 1.42. The van der Waals surface area contributed by atoms with E-state index in [0.29, 0.717) is 11.4 Å². The minimum absolute atomic E-state index is 0.00683. The monoisotopic (exact) mass is 391 g/mol. The lowest BCUT2D eigenvalue weighted by Crippen LogP contribution is -2.44. The molecular formula is C21H20F3NO3. The number of benzene rings is 2. The van der Waals surface area contributed by atoms with E-state index >= 15 is 0 Å². The second kappa shape index (κ2) is 7.30. The third kappa shape index (κ3) is 3.61. The minimum atomic E-state index is -4.66. The fourth-order valence-corrected chi connectivity index (χ4v) is 3.63. The van der Waals surface area contributed by atoms with Gasteiger partial charge in [0.2, 0.25) is 5.91 Å². The van der Waals surface area contributed by atoms with Gasteiger partial charge in [-0.2, -0.15) is 13.2 Å². The van der Waals surface area contributed by atoms with Gasteiger partial charge in [-0.05, 0) is 25.5 Å². The van der Waals surface area contributed by atoms with Gasteiger partial charge in [-0.1, -0.05) is 42.0 Å². The van der Waals surface area contributed by atoms with Crippen molar-refractivity contribution in [3.8, 4) is 5.75 Å². The zero-order chi connectivity index (χ0) is 20.5. The van der Waals surface area contributed by atoms with E-state index in [1.54, 1.807) is 36.4 Å². The summed E-state index contributed by atoms with van der Waals surface area (Å²) in [5, 5.41) is 0. The Bertz CT molecular complexity index is 893. The second-order valence-electron chi connectivity index (χ2n) is 6.95. The fraction of sp³-hybridized carbons (Fsp3) is 0.333. The van der Waals surface area contributed by atoms with Crippen LogP contribution in [0.1, 0.15) is 28.8 Å². The first-order valence-electron chi connectivity index (χ1n) is 8.81. The van der Waals surface area contributed by atoms with Crippen LogP contribution < -0.4 is 9.64 Å². The Hall–Kier alpha value is -2.83. The van der Waals surface area contributed by atoms with Gasteiger partial charge in [-0.25, -0.2) is 0 Å². The number of nitrogens with zero attached hydrogens (tertiary/aromatic N) is 1. The van der Waals surface area contributed by atoms with Crippen LogP contribution in [0.15, 0.2) is 48.5 Å². The number of amides is 1. The summed E-state index contributed by atoms with van der Waals surface area (Å²) in [6.07, 6.45) is -6.36. The number of hydrogen-bond donors (Lipinski definition) is 0. The third-order valence-corrected chi connectivity index (χ3v) is 5.04. The largest absolute Gasteiger partial charge is 0.495 e. The number of halogens is 3. The van der Waals surface area contributed by atoms with E-state index in [2.05, 4.69) is 0 Å². The molecule has 1 fully saturated rings. The summed E-state index contributed by atoms with van der Waals surface area (Å²) in [5.74, 6) is -1.28. The molecule has 1 saturated heterocycles. The predicted molar refractivity (Wildman–Crippen MR) is 98.6 cm³/mol. The highest BCUT2D eigenvalue weighted by molar-refractivity contribution is 6.19. The van der Waals surface area contributed by atoms with Crippen molar-refractivity contribution in [2.24, 2.45) is 5.41 Å². The summed E-state index contributed by atoms with van der Waals surface area (Å²) < 4.78 is 45.4. The van der Waals surface area contributed by atoms with Crippen LogP contribution in [-0.2, 0) is 4.79 Å². The van der Waals surface area contributed by atoms with E-state index in [1.807, 2.05) is 6.92 Å². The first-order chi connectivity index (χ1) is 13.2. The van der Waals surface area contributed by atoms with E-state index in [0.717, 1.165) is 5.56 Å². The smallest absolute Gasteiger partial charge is 0.390 e. The van der Waals surface area contributed by atoms with Crippen LogP contribution in [0, 0.1) is 12.3 Å². The molecule has 0 N–H and O–H groups in total. The number of ketones is 1. The quantitative estimate of drug-likeness (QED) is 0.554. The number of anilines is 1. The number of hydrogen-bond acceptors (Lipinski definition) is 3. The number of carbonyl (C=O) groups excluding carboxylic acids is 2. The van der Waals surface area contributed by atoms with Crippen molar-refractivity contribution < 1.29 is 27.5 Å². The predicted octanol–water partition coefficient (Wildman–Crippen LogP) is 4.56. The highest BCUT2D eigenvalue weighted by Crippen LogP contribution is 2.46. The zero-order valence-corrected chi connectivity index (χ0v) is 15.5. The summed E-state index contributed by atoms with van der Waals surface area (Å²) in [6, 6.07) is 12.8. The van der Waals surface area contributed by atoms with Gasteiger partial charge in [-0.3, -0.25) is 9.59 Å². The van der Waals surface area contributed by atoms with Crippen LogP contribution in [0.5, 0.6) is 5.75 Å². The van der Waals surface area contributed by atoms with Gasteiger partial charge in [0.25, 0.3) is 0 Å². The first-order valence-corrected chi connectivity index (χ1v) is 8.81. The van der Waals surface area contributed by atoms with Gasteiger partial charge < -0.3 is 9.64 Å². The van der Waals surface area contributed by atoms with E-state index < -0.39 is 29.7 Å². The standard InChI is InChI=1S/C21H20F3NO3/c1-14-7-9-15(10-8-14)18(26)20(13-21(22,23)24)11-12-25(19(20)27)16-5-3-4-6-17(16)28-2/h3-10H,11-13H2,1-2H3. The number of rotatable bonds is 5. The Morgan fingerprint density at radius 1 is 1.14 bits per heavy atom. The molecule has 7 heteroatoms. The summed E-state index contributed by atoms with van der Waals surface area (Å²) in [4.78, 5) is 27.5. The number of aryl methyl sites for hydroxylation is 1. The molecule has 2 aromatic rings. The minimum Gasteiger partial charge on any atom is -0.495 e. The maximum Gasteiger partial charge on any atom is 0.390 e. The number of Topliss-reactive ketones (excluding diaryl/α,β-unsaturated/α-hetero) is 1.